The Morgan fingerprint density at radius 1 is 1.30 bits per heavy atom. The van der Waals surface area contributed by atoms with Gasteiger partial charge < -0.3 is 4.81 Å². The summed E-state index contributed by atoms with van der Waals surface area (Å²) in [5.74, 6) is 1.46. The predicted molar refractivity (Wildman–Crippen MR) is 106 cm³/mol. The molecule has 0 aromatic carbocycles. The lowest BCUT2D eigenvalue weighted by atomic mass is 9.80. The number of aliphatic imine (C=N–C) groups is 1. The summed E-state index contributed by atoms with van der Waals surface area (Å²) in [6.07, 6.45) is 7.72. The third kappa shape index (κ3) is 16.9. The number of aldehydes is 1. The van der Waals surface area contributed by atoms with Crippen LogP contribution in [0.2, 0.25) is 0 Å². The minimum absolute atomic E-state index is 0.335. The molecule has 0 rings (SSSR count). The molecule has 0 aromatic heterocycles. The maximum absolute atomic E-state index is 10.5. The zero-order valence-electron chi connectivity index (χ0n) is 17.0. The average Bonchev–Trinajstić information content (AvgIpc) is 2.52. The molecule has 0 N–H and O–H groups in total. The normalized spacial score (nSPS) is 13.5. The summed E-state index contributed by atoms with van der Waals surface area (Å²) in [6, 6.07) is 0. The Hall–Kier alpha value is -1.32. The Bertz CT molecular complexity index is 377. The lowest BCUT2D eigenvalue weighted by molar-refractivity contribution is -0.104. The monoisotopic (exact) mass is 320 g/mol. The quantitative estimate of drug-likeness (QED) is 0.185. The smallest absolute Gasteiger partial charge is 0.227 e. The number of carbonyl (C=O) groups excluding carboxylic acids is 1. The van der Waals surface area contributed by atoms with Crippen LogP contribution in [0.5, 0.6) is 0 Å². The third-order valence-electron chi connectivity index (χ3n) is 3.58. The molecule has 0 aromatic rings. The van der Waals surface area contributed by atoms with Crippen molar-refractivity contribution < 1.29 is 4.79 Å². The van der Waals surface area contributed by atoms with Gasteiger partial charge in [-0.25, -0.2) is 0 Å². The molecule has 1 unspecified atom stereocenters. The van der Waals surface area contributed by atoms with Crippen LogP contribution in [-0.2, 0) is 4.79 Å². The van der Waals surface area contributed by atoms with Crippen molar-refractivity contribution in [1.82, 2.24) is 4.81 Å². The average molecular weight is 320 g/mol. The van der Waals surface area contributed by atoms with Gasteiger partial charge in [0.1, 0.15) is 6.29 Å². The molecular weight excluding hydrogens is 283 g/mol. The van der Waals surface area contributed by atoms with Crippen LogP contribution < -0.4 is 0 Å². The number of nitrogens with zero attached hydrogens (tertiary/aromatic N) is 2. The van der Waals surface area contributed by atoms with Crippen molar-refractivity contribution in [3.63, 3.8) is 0 Å². The van der Waals surface area contributed by atoms with E-state index < -0.39 is 0 Å². The van der Waals surface area contributed by atoms with E-state index in [9.17, 15) is 4.79 Å². The number of rotatable bonds is 4. The fourth-order valence-electron chi connectivity index (χ4n) is 1.12. The summed E-state index contributed by atoms with van der Waals surface area (Å²) in [6.45, 7) is 16.7. The summed E-state index contributed by atoms with van der Waals surface area (Å²) < 4.78 is 0. The van der Waals surface area contributed by atoms with E-state index in [0.717, 1.165) is 24.1 Å². The van der Waals surface area contributed by atoms with Crippen molar-refractivity contribution >= 4 is 20.1 Å². The highest BCUT2D eigenvalue weighted by Gasteiger charge is 2.17. The topological polar surface area (TPSA) is 32.7 Å². The molecule has 0 bridgehead atoms. The number of carbonyl (C=O) groups is 1. The molecular formula is C19H37BN2O. The summed E-state index contributed by atoms with van der Waals surface area (Å²) in [4.78, 5) is 15.8. The van der Waals surface area contributed by atoms with Crippen LogP contribution >= 0.6 is 0 Å². The minimum atomic E-state index is 0.335. The largest absolute Gasteiger partial charge is 0.417 e. The highest BCUT2D eigenvalue weighted by atomic mass is 16.1. The van der Waals surface area contributed by atoms with E-state index in [4.69, 9.17) is 7.98 Å². The summed E-state index contributed by atoms with van der Waals surface area (Å²) in [7, 11) is 8.71. The molecule has 4 heteroatoms. The van der Waals surface area contributed by atoms with Crippen LogP contribution in [0.4, 0.5) is 0 Å². The van der Waals surface area contributed by atoms with Crippen molar-refractivity contribution in [3.05, 3.63) is 23.8 Å². The molecule has 0 aliphatic carbocycles. The van der Waals surface area contributed by atoms with E-state index in [-0.39, 0.29) is 0 Å². The molecule has 0 saturated carbocycles. The molecule has 3 nitrogen and oxygen atoms in total. The highest BCUT2D eigenvalue weighted by molar-refractivity contribution is 6.14. The van der Waals surface area contributed by atoms with E-state index in [1.807, 2.05) is 39.8 Å². The Morgan fingerprint density at radius 2 is 1.78 bits per heavy atom. The van der Waals surface area contributed by atoms with Gasteiger partial charge >= 0.3 is 0 Å². The first kappa shape index (κ1) is 26.6. The van der Waals surface area contributed by atoms with Crippen molar-refractivity contribution in [2.75, 3.05) is 14.1 Å². The molecule has 0 aliphatic rings. The van der Waals surface area contributed by atoms with E-state index in [0.29, 0.717) is 11.3 Å². The summed E-state index contributed by atoms with van der Waals surface area (Å²) in [5.41, 5.74) is 1.09. The maximum Gasteiger partial charge on any atom is 0.227 e. The zero-order chi connectivity index (χ0) is 19.1. The first-order chi connectivity index (χ1) is 10.6. The molecule has 0 spiro atoms. The first-order valence-corrected chi connectivity index (χ1v) is 8.29. The van der Waals surface area contributed by atoms with Gasteiger partial charge in [-0.3, -0.25) is 9.79 Å². The van der Waals surface area contributed by atoms with Crippen molar-refractivity contribution in [2.45, 2.75) is 61.8 Å². The Labute approximate surface area is 146 Å². The number of allylic oxidation sites excluding steroid dienone is 4. The van der Waals surface area contributed by atoms with Crippen molar-refractivity contribution in [3.8, 4) is 0 Å². The van der Waals surface area contributed by atoms with Crippen molar-refractivity contribution in [1.29, 1.82) is 0 Å². The lowest BCUT2D eigenvalue weighted by Gasteiger charge is -2.25. The second-order valence-corrected chi connectivity index (χ2v) is 6.19. The Balaban J connectivity index is -0.000000373. The van der Waals surface area contributed by atoms with Crippen molar-refractivity contribution in [2.24, 2.45) is 16.3 Å². The Morgan fingerprint density at radius 3 is 2.00 bits per heavy atom. The number of amidine groups is 1. The lowest BCUT2D eigenvalue weighted by Crippen LogP contribution is -2.19. The van der Waals surface area contributed by atoms with Crippen LogP contribution in [0.25, 0.3) is 0 Å². The highest BCUT2D eigenvalue weighted by Crippen LogP contribution is 2.28. The first-order valence-electron chi connectivity index (χ1n) is 8.29. The second kappa shape index (κ2) is 15.6. The molecule has 0 saturated heterocycles. The van der Waals surface area contributed by atoms with Crippen LogP contribution in [0, 0.1) is 11.3 Å². The molecule has 1 atom stereocenters. The standard InChI is InChI=1S/C13H22O.C4H9BN2.C2H6/c1-6-12(10-14)9-7-8-11(2)13(3,4)5;1-4(6-2)7(3)5;1-2/h6-7,9-11H,8H2,1-5H3;1-3H3;1-2H3/b9-7-,12-6+;;. The molecule has 0 amide bonds. The van der Waals surface area contributed by atoms with Gasteiger partial charge in [0.2, 0.25) is 7.98 Å². The zero-order valence-corrected chi connectivity index (χ0v) is 17.0. The van der Waals surface area contributed by atoms with Crippen LogP contribution in [0.15, 0.2) is 28.8 Å². The number of hydrogen-bond acceptors (Lipinski definition) is 2. The van der Waals surface area contributed by atoms with Gasteiger partial charge in [0.25, 0.3) is 0 Å². The second-order valence-electron chi connectivity index (χ2n) is 6.19. The van der Waals surface area contributed by atoms with Gasteiger partial charge in [0.15, 0.2) is 0 Å². The van der Waals surface area contributed by atoms with E-state index in [2.05, 4.69) is 38.8 Å². The maximum atomic E-state index is 10.5. The van der Waals surface area contributed by atoms with Gasteiger partial charge in [-0.05, 0) is 38.6 Å². The predicted octanol–water partition coefficient (Wildman–Crippen LogP) is 4.84. The fourth-order valence-corrected chi connectivity index (χ4v) is 1.12. The molecule has 0 heterocycles. The van der Waals surface area contributed by atoms with Gasteiger partial charge in [-0.15, -0.1) is 0 Å². The summed E-state index contributed by atoms with van der Waals surface area (Å²) in [5, 5.41) is 0. The van der Waals surface area contributed by atoms with Crippen LogP contribution in [0.1, 0.15) is 61.8 Å². The Kier molecular flexibility index (Phi) is 18.0. The SMILES string of the molecule is C/C=C(C=O)\C=C/CC(C)C(C)(C)C.CC.[B]N(C)C(C)=NC. The third-order valence-corrected chi connectivity index (χ3v) is 3.58. The van der Waals surface area contributed by atoms with Gasteiger partial charge in [-0.1, -0.05) is 59.8 Å². The fraction of sp³-hybridized carbons (Fsp3) is 0.684. The number of hydrogen-bond donors (Lipinski definition) is 0. The van der Waals surface area contributed by atoms with Gasteiger partial charge in [-0.2, -0.15) is 0 Å². The van der Waals surface area contributed by atoms with E-state index >= 15 is 0 Å². The van der Waals surface area contributed by atoms with Gasteiger partial charge in [0.05, 0.1) is 5.84 Å². The van der Waals surface area contributed by atoms with E-state index in [1.165, 1.54) is 4.81 Å². The molecule has 0 aliphatic heterocycles. The van der Waals surface area contributed by atoms with Gasteiger partial charge in [0, 0.05) is 12.6 Å². The molecule has 2 radical (unpaired) electrons. The minimum Gasteiger partial charge on any atom is -0.417 e. The van der Waals surface area contributed by atoms with Crippen LogP contribution in [-0.4, -0.2) is 39.0 Å². The molecule has 0 fully saturated rings. The van der Waals surface area contributed by atoms with E-state index in [1.54, 1.807) is 14.1 Å². The molecule has 23 heavy (non-hydrogen) atoms. The summed E-state index contributed by atoms with van der Waals surface area (Å²) >= 11 is 0. The molecule has 132 valence electrons. The van der Waals surface area contributed by atoms with Crippen LogP contribution in [0.3, 0.4) is 0 Å².